The lowest BCUT2D eigenvalue weighted by atomic mass is 9.97. The molecule has 1 fully saturated rings. The molecule has 1 heterocycles. The van der Waals surface area contributed by atoms with Crippen LogP contribution < -0.4 is 10.6 Å². The normalized spacial score (nSPS) is 15.5. The van der Waals surface area contributed by atoms with Crippen molar-refractivity contribution in [2.75, 3.05) is 23.7 Å². The molecule has 1 aliphatic heterocycles. The van der Waals surface area contributed by atoms with E-state index in [1.165, 1.54) is 11.2 Å². The minimum absolute atomic E-state index is 0.0263. The fraction of sp³-hybridized carbons (Fsp3) is 0.364. The molecule has 2 aromatic carbocycles. The first-order valence-electron chi connectivity index (χ1n) is 9.95. The van der Waals surface area contributed by atoms with E-state index in [1.807, 2.05) is 31.2 Å². The predicted octanol–water partition coefficient (Wildman–Crippen LogP) is 3.13. The average Bonchev–Trinajstić information content (AvgIpc) is 2.67. The van der Waals surface area contributed by atoms with Gasteiger partial charge in [-0.05, 0) is 43.5 Å². The Balaban J connectivity index is 1.56. The second-order valence-electron chi connectivity index (χ2n) is 7.67. The van der Waals surface area contributed by atoms with Crippen LogP contribution in [0.1, 0.15) is 30.9 Å². The summed E-state index contributed by atoms with van der Waals surface area (Å²) in [6, 6.07) is 14.4. The number of sulfonamides is 1. The first kappa shape index (κ1) is 22.0. The molecular formula is C22H27N3O4S. The number of piperidine rings is 1. The first-order chi connectivity index (χ1) is 14.2. The quantitative estimate of drug-likeness (QED) is 0.737. The number of carbonyl (C=O) groups is 2. The molecule has 0 radical (unpaired) electrons. The van der Waals surface area contributed by atoms with Gasteiger partial charge in [-0.3, -0.25) is 9.59 Å². The molecule has 0 atom stereocenters. The molecule has 0 aliphatic carbocycles. The molecule has 1 aliphatic rings. The van der Waals surface area contributed by atoms with Crippen molar-refractivity contribution < 1.29 is 18.0 Å². The molecule has 2 amide bonds. The van der Waals surface area contributed by atoms with Crippen LogP contribution in [0, 0.1) is 12.8 Å². The third-order valence-corrected chi connectivity index (χ3v) is 6.95. The highest BCUT2D eigenvalue weighted by atomic mass is 32.2. The van der Waals surface area contributed by atoms with Gasteiger partial charge in [0.1, 0.15) is 0 Å². The van der Waals surface area contributed by atoms with Gasteiger partial charge in [0, 0.05) is 37.3 Å². The van der Waals surface area contributed by atoms with Gasteiger partial charge in [0.2, 0.25) is 21.8 Å². The highest BCUT2D eigenvalue weighted by Gasteiger charge is 2.31. The van der Waals surface area contributed by atoms with Crippen molar-refractivity contribution in [3.63, 3.8) is 0 Å². The fourth-order valence-corrected chi connectivity index (χ4v) is 5.17. The zero-order valence-electron chi connectivity index (χ0n) is 17.2. The summed E-state index contributed by atoms with van der Waals surface area (Å²) in [6.07, 6.45) is 0.953. The van der Waals surface area contributed by atoms with E-state index in [4.69, 9.17) is 0 Å². The van der Waals surface area contributed by atoms with Crippen LogP contribution in [0.5, 0.6) is 0 Å². The number of amides is 2. The molecule has 0 saturated carbocycles. The Kier molecular flexibility index (Phi) is 6.89. The summed E-state index contributed by atoms with van der Waals surface area (Å²) in [5, 5.41) is 5.55. The van der Waals surface area contributed by atoms with Crippen LogP contribution in [0.3, 0.4) is 0 Å². The van der Waals surface area contributed by atoms with Gasteiger partial charge in [-0.25, -0.2) is 12.7 Å². The number of nitrogens with zero attached hydrogens (tertiary/aromatic N) is 1. The third kappa shape index (κ3) is 5.90. The number of carbonyl (C=O) groups excluding carboxylic acids is 2. The SMILES string of the molecule is CC(=O)Nc1cccc(NC(=O)C2CCN(S(=O)(=O)Cc3cccc(C)c3)CC2)c1. The van der Waals surface area contributed by atoms with Crippen molar-refractivity contribution in [1.29, 1.82) is 0 Å². The van der Waals surface area contributed by atoms with Gasteiger partial charge in [0.25, 0.3) is 0 Å². The minimum atomic E-state index is -3.42. The smallest absolute Gasteiger partial charge is 0.227 e. The van der Waals surface area contributed by atoms with Crippen LogP contribution in [0.15, 0.2) is 48.5 Å². The van der Waals surface area contributed by atoms with Gasteiger partial charge in [-0.1, -0.05) is 35.9 Å². The molecule has 7 nitrogen and oxygen atoms in total. The molecule has 3 rings (SSSR count). The molecule has 0 spiro atoms. The highest BCUT2D eigenvalue weighted by molar-refractivity contribution is 7.88. The number of hydrogen-bond donors (Lipinski definition) is 2. The van der Waals surface area contributed by atoms with Crippen LogP contribution >= 0.6 is 0 Å². The number of hydrogen-bond acceptors (Lipinski definition) is 4. The summed E-state index contributed by atoms with van der Waals surface area (Å²) in [6.45, 7) is 4.02. The Hall–Kier alpha value is -2.71. The Labute approximate surface area is 177 Å². The van der Waals surface area contributed by atoms with Crippen LogP contribution in [0.4, 0.5) is 11.4 Å². The lowest BCUT2D eigenvalue weighted by Crippen LogP contribution is -2.41. The van der Waals surface area contributed by atoms with Crippen LogP contribution in [-0.4, -0.2) is 37.6 Å². The molecule has 1 saturated heterocycles. The predicted molar refractivity (Wildman–Crippen MR) is 117 cm³/mol. The van der Waals surface area contributed by atoms with E-state index in [0.29, 0.717) is 37.3 Å². The number of nitrogens with one attached hydrogen (secondary N) is 2. The lowest BCUT2D eigenvalue weighted by Gasteiger charge is -2.30. The maximum atomic E-state index is 12.8. The lowest BCUT2D eigenvalue weighted by molar-refractivity contribution is -0.121. The van der Waals surface area contributed by atoms with Crippen molar-refractivity contribution in [3.8, 4) is 0 Å². The van der Waals surface area contributed by atoms with Gasteiger partial charge in [0.05, 0.1) is 5.75 Å². The molecule has 0 bridgehead atoms. The molecular weight excluding hydrogens is 402 g/mol. The molecule has 30 heavy (non-hydrogen) atoms. The molecule has 0 aromatic heterocycles. The molecule has 160 valence electrons. The van der Waals surface area contributed by atoms with E-state index in [0.717, 1.165) is 11.1 Å². The highest BCUT2D eigenvalue weighted by Crippen LogP contribution is 2.24. The van der Waals surface area contributed by atoms with Crippen molar-refractivity contribution in [3.05, 3.63) is 59.7 Å². The van der Waals surface area contributed by atoms with E-state index >= 15 is 0 Å². The second-order valence-corrected chi connectivity index (χ2v) is 9.64. The Bertz CT molecular complexity index is 1030. The number of benzene rings is 2. The number of aryl methyl sites for hydroxylation is 1. The van der Waals surface area contributed by atoms with Gasteiger partial charge < -0.3 is 10.6 Å². The van der Waals surface area contributed by atoms with Gasteiger partial charge in [0.15, 0.2) is 0 Å². The standard InChI is InChI=1S/C22H27N3O4S/c1-16-5-3-6-18(13-16)15-30(28,29)25-11-9-19(10-12-25)22(27)24-21-8-4-7-20(14-21)23-17(2)26/h3-8,13-14,19H,9-12,15H2,1-2H3,(H,23,26)(H,24,27). The second kappa shape index (κ2) is 9.40. The average molecular weight is 430 g/mol. The zero-order valence-corrected chi connectivity index (χ0v) is 18.0. The first-order valence-corrected chi connectivity index (χ1v) is 11.6. The summed E-state index contributed by atoms with van der Waals surface area (Å²) in [7, 11) is -3.42. The van der Waals surface area contributed by atoms with Gasteiger partial charge in [-0.15, -0.1) is 0 Å². The van der Waals surface area contributed by atoms with E-state index in [1.54, 1.807) is 24.3 Å². The minimum Gasteiger partial charge on any atom is -0.326 e. The van der Waals surface area contributed by atoms with E-state index < -0.39 is 10.0 Å². The van der Waals surface area contributed by atoms with Gasteiger partial charge in [-0.2, -0.15) is 0 Å². The van der Waals surface area contributed by atoms with Crippen molar-refractivity contribution in [2.45, 2.75) is 32.4 Å². The number of anilines is 2. The number of rotatable bonds is 6. The van der Waals surface area contributed by atoms with E-state index in [-0.39, 0.29) is 23.5 Å². The van der Waals surface area contributed by atoms with Crippen molar-refractivity contribution in [1.82, 2.24) is 4.31 Å². The topological polar surface area (TPSA) is 95.6 Å². The fourth-order valence-electron chi connectivity index (χ4n) is 3.62. The zero-order chi connectivity index (χ0) is 21.7. The summed E-state index contributed by atoms with van der Waals surface area (Å²) in [5.41, 5.74) is 3.01. The maximum absolute atomic E-state index is 12.8. The molecule has 2 aromatic rings. The maximum Gasteiger partial charge on any atom is 0.227 e. The molecule has 8 heteroatoms. The van der Waals surface area contributed by atoms with Gasteiger partial charge >= 0.3 is 0 Å². The largest absolute Gasteiger partial charge is 0.326 e. The Morgan fingerprint density at radius 1 is 1.00 bits per heavy atom. The van der Waals surface area contributed by atoms with Crippen LogP contribution in [0.2, 0.25) is 0 Å². The Morgan fingerprint density at radius 3 is 2.27 bits per heavy atom. The third-order valence-electron chi connectivity index (χ3n) is 5.10. The van der Waals surface area contributed by atoms with Crippen molar-refractivity contribution in [2.24, 2.45) is 5.92 Å². The Morgan fingerprint density at radius 2 is 1.63 bits per heavy atom. The molecule has 2 N–H and O–H groups in total. The monoisotopic (exact) mass is 429 g/mol. The van der Waals surface area contributed by atoms with E-state index in [2.05, 4.69) is 10.6 Å². The summed E-state index contributed by atoms with van der Waals surface area (Å²) in [5.74, 6) is -0.593. The summed E-state index contributed by atoms with van der Waals surface area (Å²) < 4.78 is 27.0. The van der Waals surface area contributed by atoms with Crippen LogP contribution in [0.25, 0.3) is 0 Å². The van der Waals surface area contributed by atoms with Crippen LogP contribution in [-0.2, 0) is 25.4 Å². The summed E-state index contributed by atoms with van der Waals surface area (Å²) in [4.78, 5) is 23.8. The summed E-state index contributed by atoms with van der Waals surface area (Å²) >= 11 is 0. The van der Waals surface area contributed by atoms with Crippen molar-refractivity contribution >= 4 is 33.2 Å². The van der Waals surface area contributed by atoms with E-state index in [9.17, 15) is 18.0 Å². The molecule has 0 unspecified atom stereocenters.